The molecule has 0 saturated carbocycles. The summed E-state index contributed by atoms with van der Waals surface area (Å²) in [6.45, 7) is 5.72. The molecule has 0 atom stereocenters. The first-order valence-corrected chi connectivity index (χ1v) is 10.4. The highest BCUT2D eigenvalue weighted by Crippen LogP contribution is 2.25. The molecule has 0 saturated heterocycles. The van der Waals surface area contributed by atoms with Gasteiger partial charge < -0.3 is 10.1 Å². The van der Waals surface area contributed by atoms with Crippen molar-refractivity contribution < 1.29 is 14.3 Å². The van der Waals surface area contributed by atoms with Gasteiger partial charge in [-0.25, -0.2) is 5.43 Å². The fraction of sp³-hybridized carbons (Fsp3) is 0.160. The van der Waals surface area contributed by atoms with Crippen LogP contribution in [0.25, 0.3) is 0 Å². The molecule has 0 unspecified atom stereocenters. The van der Waals surface area contributed by atoms with E-state index in [0.29, 0.717) is 21.9 Å². The first kappa shape index (κ1) is 23.0. The molecule has 3 aromatic rings. The van der Waals surface area contributed by atoms with Crippen LogP contribution in [0.2, 0.25) is 5.02 Å². The maximum absolute atomic E-state index is 12.2. The smallest absolute Gasteiger partial charge is 0.271 e. The molecule has 0 aliphatic rings. The molecule has 0 fully saturated rings. The van der Waals surface area contributed by atoms with E-state index in [-0.39, 0.29) is 18.4 Å². The lowest BCUT2D eigenvalue weighted by Crippen LogP contribution is -2.21. The van der Waals surface area contributed by atoms with Gasteiger partial charge in [0.1, 0.15) is 5.75 Å². The number of carbonyl (C=O) groups is 2. The summed E-state index contributed by atoms with van der Waals surface area (Å²) in [6, 6.07) is 17.9. The molecule has 0 aromatic heterocycles. The lowest BCUT2D eigenvalue weighted by atomic mass is 10.1. The molecule has 0 bridgehead atoms. The number of halogens is 1. The highest BCUT2D eigenvalue weighted by atomic mass is 35.5. The Morgan fingerprint density at radius 3 is 2.50 bits per heavy atom. The number of nitrogens with zero attached hydrogens (tertiary/aromatic N) is 1. The number of hydrogen-bond donors (Lipinski definition) is 2. The first-order chi connectivity index (χ1) is 15.3. The van der Waals surface area contributed by atoms with Crippen LogP contribution in [0, 0.1) is 20.8 Å². The van der Waals surface area contributed by atoms with Crippen LogP contribution in [0.5, 0.6) is 5.75 Å². The predicted octanol–water partition coefficient (Wildman–Crippen LogP) is 5.05. The lowest BCUT2D eigenvalue weighted by molar-refractivity contribution is -0.118. The quantitative estimate of drug-likeness (QED) is 0.391. The van der Waals surface area contributed by atoms with Crippen molar-refractivity contribution in [3.05, 3.63) is 93.5 Å². The van der Waals surface area contributed by atoms with Crippen LogP contribution in [0.15, 0.2) is 65.8 Å². The van der Waals surface area contributed by atoms with Crippen molar-refractivity contribution in [1.82, 2.24) is 5.43 Å². The third kappa shape index (κ3) is 6.18. The molecular weight excluding hydrogens is 426 g/mol. The fourth-order valence-corrected chi connectivity index (χ4v) is 3.11. The van der Waals surface area contributed by atoms with Gasteiger partial charge in [-0.05, 0) is 73.9 Å². The second kappa shape index (κ2) is 10.6. The highest BCUT2D eigenvalue weighted by Gasteiger charge is 2.09. The summed E-state index contributed by atoms with van der Waals surface area (Å²) in [7, 11) is 0. The number of amides is 2. The van der Waals surface area contributed by atoms with E-state index in [1.54, 1.807) is 30.3 Å². The Morgan fingerprint density at radius 2 is 1.78 bits per heavy atom. The molecule has 7 heteroatoms. The largest absolute Gasteiger partial charge is 0.482 e. The standard InChI is InChI=1S/C25H24ClN3O3/c1-16-7-10-20(11-8-16)25(31)29-27-14-19-9-12-23(21(26)13-19)32-15-24(30)28-22-6-4-5-17(2)18(22)3/h4-14H,15H2,1-3H3,(H,28,30)(H,29,31)/b27-14+. The molecular formula is C25H24ClN3O3. The summed E-state index contributed by atoms with van der Waals surface area (Å²) in [5.41, 5.74) is 7.61. The zero-order valence-electron chi connectivity index (χ0n) is 18.1. The van der Waals surface area contributed by atoms with Gasteiger partial charge in [-0.15, -0.1) is 0 Å². The summed E-state index contributed by atoms with van der Waals surface area (Å²) < 4.78 is 5.55. The van der Waals surface area contributed by atoms with E-state index >= 15 is 0 Å². The molecule has 3 aromatic carbocycles. The third-order valence-electron chi connectivity index (χ3n) is 4.89. The zero-order valence-corrected chi connectivity index (χ0v) is 18.9. The second-order valence-electron chi connectivity index (χ2n) is 7.34. The van der Waals surface area contributed by atoms with Gasteiger partial charge in [0.2, 0.25) is 0 Å². The highest BCUT2D eigenvalue weighted by molar-refractivity contribution is 6.32. The van der Waals surface area contributed by atoms with Crippen molar-refractivity contribution in [3.63, 3.8) is 0 Å². The third-order valence-corrected chi connectivity index (χ3v) is 5.18. The van der Waals surface area contributed by atoms with Crippen molar-refractivity contribution in [2.75, 3.05) is 11.9 Å². The lowest BCUT2D eigenvalue weighted by Gasteiger charge is -2.12. The topological polar surface area (TPSA) is 79.8 Å². The average Bonchev–Trinajstić information content (AvgIpc) is 2.77. The minimum Gasteiger partial charge on any atom is -0.482 e. The van der Waals surface area contributed by atoms with Crippen LogP contribution in [-0.4, -0.2) is 24.6 Å². The van der Waals surface area contributed by atoms with E-state index in [2.05, 4.69) is 15.8 Å². The summed E-state index contributed by atoms with van der Waals surface area (Å²) >= 11 is 6.27. The molecule has 164 valence electrons. The van der Waals surface area contributed by atoms with E-state index in [1.807, 2.05) is 51.1 Å². The number of hydrazone groups is 1. The molecule has 0 heterocycles. The Morgan fingerprint density at radius 1 is 1.03 bits per heavy atom. The van der Waals surface area contributed by atoms with Crippen molar-refractivity contribution >= 4 is 35.3 Å². The predicted molar refractivity (Wildman–Crippen MR) is 128 cm³/mol. The van der Waals surface area contributed by atoms with Crippen LogP contribution in [-0.2, 0) is 4.79 Å². The Kier molecular flexibility index (Phi) is 7.63. The van der Waals surface area contributed by atoms with E-state index in [0.717, 1.165) is 22.4 Å². The van der Waals surface area contributed by atoms with E-state index in [4.69, 9.17) is 16.3 Å². The van der Waals surface area contributed by atoms with Gasteiger partial charge in [0, 0.05) is 11.3 Å². The molecule has 0 aliphatic heterocycles. The van der Waals surface area contributed by atoms with Crippen molar-refractivity contribution in [1.29, 1.82) is 0 Å². The number of carbonyl (C=O) groups excluding carboxylic acids is 2. The monoisotopic (exact) mass is 449 g/mol. The Balaban J connectivity index is 1.53. The summed E-state index contributed by atoms with van der Waals surface area (Å²) in [6.07, 6.45) is 1.48. The summed E-state index contributed by atoms with van der Waals surface area (Å²) in [4.78, 5) is 24.3. The number of anilines is 1. The molecule has 6 nitrogen and oxygen atoms in total. The van der Waals surface area contributed by atoms with Crippen LogP contribution in [0.4, 0.5) is 5.69 Å². The van der Waals surface area contributed by atoms with Gasteiger partial charge in [0.05, 0.1) is 11.2 Å². The normalized spacial score (nSPS) is 10.8. The number of nitrogens with one attached hydrogen (secondary N) is 2. The van der Waals surface area contributed by atoms with Crippen LogP contribution in [0.1, 0.15) is 32.6 Å². The van der Waals surface area contributed by atoms with Crippen molar-refractivity contribution in [3.8, 4) is 5.75 Å². The second-order valence-corrected chi connectivity index (χ2v) is 7.75. The van der Waals surface area contributed by atoms with Crippen LogP contribution < -0.4 is 15.5 Å². The van der Waals surface area contributed by atoms with Gasteiger partial charge in [-0.3, -0.25) is 9.59 Å². The Hall–Kier alpha value is -3.64. The van der Waals surface area contributed by atoms with Gasteiger partial charge in [0.15, 0.2) is 6.61 Å². The molecule has 3 rings (SSSR count). The molecule has 2 amide bonds. The minimum atomic E-state index is -0.304. The molecule has 0 radical (unpaired) electrons. The van der Waals surface area contributed by atoms with E-state index < -0.39 is 0 Å². The van der Waals surface area contributed by atoms with E-state index in [1.165, 1.54) is 6.21 Å². The maximum Gasteiger partial charge on any atom is 0.271 e. The summed E-state index contributed by atoms with van der Waals surface area (Å²) in [5, 5.41) is 7.13. The fourth-order valence-electron chi connectivity index (χ4n) is 2.87. The number of rotatable bonds is 7. The molecule has 0 spiro atoms. The molecule has 0 aliphatic carbocycles. The Bertz CT molecular complexity index is 1160. The molecule has 32 heavy (non-hydrogen) atoms. The molecule has 2 N–H and O–H groups in total. The number of benzene rings is 3. The first-order valence-electron chi connectivity index (χ1n) is 10.0. The van der Waals surface area contributed by atoms with Crippen molar-refractivity contribution in [2.45, 2.75) is 20.8 Å². The van der Waals surface area contributed by atoms with Gasteiger partial charge >= 0.3 is 0 Å². The Labute approximate surface area is 192 Å². The number of hydrogen-bond acceptors (Lipinski definition) is 4. The summed E-state index contributed by atoms with van der Waals surface area (Å²) in [5.74, 6) is -0.204. The SMILES string of the molecule is Cc1ccc(C(=O)N/N=C/c2ccc(OCC(=O)Nc3cccc(C)c3C)c(Cl)c2)cc1. The van der Waals surface area contributed by atoms with Crippen LogP contribution >= 0.6 is 11.6 Å². The number of ether oxygens (including phenoxy) is 1. The van der Waals surface area contributed by atoms with Crippen molar-refractivity contribution in [2.24, 2.45) is 5.10 Å². The van der Waals surface area contributed by atoms with Gasteiger partial charge in [0.25, 0.3) is 11.8 Å². The van der Waals surface area contributed by atoms with Gasteiger partial charge in [-0.2, -0.15) is 5.10 Å². The maximum atomic E-state index is 12.2. The minimum absolute atomic E-state index is 0.173. The van der Waals surface area contributed by atoms with E-state index in [9.17, 15) is 9.59 Å². The number of aryl methyl sites for hydroxylation is 2. The zero-order chi connectivity index (χ0) is 23.1. The average molecular weight is 450 g/mol. The van der Waals surface area contributed by atoms with Crippen LogP contribution in [0.3, 0.4) is 0 Å². The van der Waals surface area contributed by atoms with Gasteiger partial charge in [-0.1, -0.05) is 41.4 Å².